The van der Waals surface area contributed by atoms with Crippen LogP contribution in [0.15, 0.2) is 23.2 Å². The first-order chi connectivity index (χ1) is 12.6. The minimum Gasteiger partial charge on any atom is -0.493 e. The van der Waals surface area contributed by atoms with Crippen molar-refractivity contribution in [1.29, 1.82) is 0 Å². The molecule has 6 nitrogen and oxygen atoms in total. The number of rotatable bonds is 9. The molecule has 0 saturated carbocycles. The molecule has 1 aliphatic rings. The largest absolute Gasteiger partial charge is 0.493 e. The summed E-state index contributed by atoms with van der Waals surface area (Å²) in [6.07, 6.45) is 2.96. The van der Waals surface area contributed by atoms with E-state index in [1.54, 1.807) is 12.1 Å². The summed E-state index contributed by atoms with van der Waals surface area (Å²) in [7, 11) is 1.42. The van der Waals surface area contributed by atoms with Crippen molar-refractivity contribution in [2.45, 2.75) is 38.9 Å². The standard InChI is InChI=1S/C18H27F2N3O3/c1-3-21-18(23-12-14-5-4-10-25-14)22-9-8-13-6-7-15(24-2)16(11-13)26-17(19)20/h6-7,11,14,17H,3-5,8-10,12H2,1-2H3,(H2,21,22,23). The first kappa shape index (κ1) is 20.2. The van der Waals surface area contributed by atoms with E-state index in [1.165, 1.54) is 7.11 Å². The summed E-state index contributed by atoms with van der Waals surface area (Å²) in [6.45, 7) is 1.92. The fourth-order valence-electron chi connectivity index (χ4n) is 2.71. The van der Waals surface area contributed by atoms with Gasteiger partial charge in [0.25, 0.3) is 0 Å². The molecule has 0 aliphatic carbocycles. The second-order valence-electron chi connectivity index (χ2n) is 5.90. The van der Waals surface area contributed by atoms with Crippen LogP contribution in [0.2, 0.25) is 0 Å². The highest BCUT2D eigenvalue weighted by Crippen LogP contribution is 2.29. The van der Waals surface area contributed by atoms with Crippen LogP contribution in [-0.2, 0) is 11.2 Å². The molecule has 0 radical (unpaired) electrons. The molecule has 1 unspecified atom stereocenters. The van der Waals surface area contributed by atoms with E-state index in [2.05, 4.69) is 20.4 Å². The highest BCUT2D eigenvalue weighted by molar-refractivity contribution is 5.79. The van der Waals surface area contributed by atoms with Gasteiger partial charge in [0, 0.05) is 19.7 Å². The normalized spacial score (nSPS) is 17.4. The van der Waals surface area contributed by atoms with Crippen molar-refractivity contribution in [2.24, 2.45) is 4.99 Å². The van der Waals surface area contributed by atoms with Gasteiger partial charge in [-0.05, 0) is 43.9 Å². The fourth-order valence-corrected chi connectivity index (χ4v) is 2.71. The molecule has 2 rings (SSSR count). The summed E-state index contributed by atoms with van der Waals surface area (Å²) in [4.78, 5) is 4.54. The fraction of sp³-hybridized carbons (Fsp3) is 0.611. The number of aliphatic imine (C=N–C) groups is 1. The lowest BCUT2D eigenvalue weighted by Gasteiger charge is -2.14. The lowest BCUT2D eigenvalue weighted by atomic mass is 10.1. The summed E-state index contributed by atoms with van der Waals surface area (Å²) in [5.41, 5.74) is 0.865. The Bertz CT molecular complexity index is 579. The zero-order valence-electron chi connectivity index (χ0n) is 15.3. The maximum Gasteiger partial charge on any atom is 0.387 e. The Balaban J connectivity index is 1.88. The molecule has 1 aromatic carbocycles. The Morgan fingerprint density at radius 3 is 2.85 bits per heavy atom. The molecular weight excluding hydrogens is 344 g/mol. The number of nitrogens with one attached hydrogen (secondary N) is 2. The van der Waals surface area contributed by atoms with Gasteiger partial charge >= 0.3 is 6.61 Å². The number of ether oxygens (including phenoxy) is 3. The Morgan fingerprint density at radius 1 is 1.35 bits per heavy atom. The van der Waals surface area contributed by atoms with Crippen LogP contribution in [-0.4, -0.2) is 52.0 Å². The van der Waals surface area contributed by atoms with Gasteiger partial charge in [-0.1, -0.05) is 6.07 Å². The van der Waals surface area contributed by atoms with E-state index in [1.807, 2.05) is 13.0 Å². The SMILES string of the molecule is CCNC(=NCC1CCCO1)NCCc1ccc(OC)c(OC(F)F)c1. The Labute approximate surface area is 152 Å². The Kier molecular flexibility index (Phi) is 8.40. The van der Waals surface area contributed by atoms with Gasteiger partial charge in [0.2, 0.25) is 0 Å². The van der Waals surface area contributed by atoms with Crippen molar-refractivity contribution in [3.8, 4) is 11.5 Å². The van der Waals surface area contributed by atoms with Crippen molar-refractivity contribution in [3.05, 3.63) is 23.8 Å². The van der Waals surface area contributed by atoms with Crippen molar-refractivity contribution in [2.75, 3.05) is 33.4 Å². The van der Waals surface area contributed by atoms with Gasteiger partial charge in [0.1, 0.15) is 0 Å². The molecule has 1 aromatic rings. The molecule has 1 fully saturated rings. The lowest BCUT2D eigenvalue weighted by Crippen LogP contribution is -2.38. The topological polar surface area (TPSA) is 64.1 Å². The minimum atomic E-state index is -2.89. The number of methoxy groups -OCH3 is 1. The molecule has 0 spiro atoms. The number of guanidine groups is 1. The second kappa shape index (κ2) is 10.8. The van der Waals surface area contributed by atoms with Crippen molar-refractivity contribution >= 4 is 5.96 Å². The van der Waals surface area contributed by atoms with Gasteiger partial charge < -0.3 is 24.8 Å². The smallest absolute Gasteiger partial charge is 0.387 e. The van der Waals surface area contributed by atoms with Crippen LogP contribution < -0.4 is 20.1 Å². The van der Waals surface area contributed by atoms with Crippen molar-refractivity contribution in [3.63, 3.8) is 0 Å². The van der Waals surface area contributed by atoms with E-state index in [0.29, 0.717) is 19.5 Å². The van der Waals surface area contributed by atoms with Crippen molar-refractivity contribution < 1.29 is 23.0 Å². The number of alkyl halides is 2. The molecule has 0 aromatic heterocycles. The molecule has 1 heterocycles. The zero-order chi connectivity index (χ0) is 18.8. The van der Waals surface area contributed by atoms with Crippen LogP contribution in [0.25, 0.3) is 0 Å². The predicted molar refractivity (Wildman–Crippen MR) is 96.3 cm³/mol. The highest BCUT2D eigenvalue weighted by Gasteiger charge is 2.15. The first-order valence-corrected chi connectivity index (χ1v) is 8.88. The van der Waals surface area contributed by atoms with Gasteiger partial charge in [-0.2, -0.15) is 8.78 Å². The van der Waals surface area contributed by atoms with Crippen LogP contribution in [0.1, 0.15) is 25.3 Å². The molecule has 1 atom stereocenters. The first-order valence-electron chi connectivity index (χ1n) is 8.88. The average Bonchev–Trinajstić information content (AvgIpc) is 3.13. The van der Waals surface area contributed by atoms with Crippen LogP contribution in [0.4, 0.5) is 8.78 Å². The maximum atomic E-state index is 12.5. The van der Waals surface area contributed by atoms with Gasteiger partial charge in [-0.15, -0.1) is 0 Å². The summed E-state index contributed by atoms with van der Waals surface area (Å²) in [5, 5.41) is 6.43. The monoisotopic (exact) mass is 371 g/mol. The van der Waals surface area contributed by atoms with E-state index in [-0.39, 0.29) is 17.6 Å². The van der Waals surface area contributed by atoms with Gasteiger partial charge in [0.05, 0.1) is 19.8 Å². The molecule has 2 N–H and O–H groups in total. The minimum absolute atomic E-state index is 0.0407. The molecular formula is C18H27F2N3O3. The zero-order valence-corrected chi connectivity index (χ0v) is 15.3. The Morgan fingerprint density at radius 2 is 2.19 bits per heavy atom. The molecule has 0 bridgehead atoms. The van der Waals surface area contributed by atoms with Crippen LogP contribution in [0, 0.1) is 0 Å². The molecule has 1 aliphatic heterocycles. The van der Waals surface area contributed by atoms with E-state index >= 15 is 0 Å². The summed E-state index contributed by atoms with van der Waals surface area (Å²) in [6, 6.07) is 5.03. The number of nitrogens with zero attached hydrogens (tertiary/aromatic N) is 1. The summed E-state index contributed by atoms with van der Waals surface area (Å²) in [5.74, 6) is 1.05. The number of hydrogen-bond acceptors (Lipinski definition) is 4. The van der Waals surface area contributed by atoms with Crippen molar-refractivity contribution in [1.82, 2.24) is 10.6 Å². The van der Waals surface area contributed by atoms with E-state index in [0.717, 1.165) is 37.5 Å². The molecule has 26 heavy (non-hydrogen) atoms. The third-order valence-electron chi connectivity index (χ3n) is 3.97. The van der Waals surface area contributed by atoms with Crippen LogP contribution >= 0.6 is 0 Å². The second-order valence-corrected chi connectivity index (χ2v) is 5.90. The van der Waals surface area contributed by atoms with E-state index in [4.69, 9.17) is 9.47 Å². The van der Waals surface area contributed by atoms with Crippen LogP contribution in [0.3, 0.4) is 0 Å². The quantitative estimate of drug-likeness (QED) is 0.516. The lowest BCUT2D eigenvalue weighted by molar-refractivity contribution is -0.0512. The number of halogens is 2. The maximum absolute atomic E-state index is 12.5. The predicted octanol–water partition coefficient (Wildman–Crippen LogP) is 2.57. The van der Waals surface area contributed by atoms with Gasteiger partial charge in [0.15, 0.2) is 17.5 Å². The highest BCUT2D eigenvalue weighted by atomic mass is 19.3. The molecule has 8 heteroatoms. The molecule has 1 saturated heterocycles. The van der Waals surface area contributed by atoms with E-state index in [9.17, 15) is 8.78 Å². The molecule has 0 amide bonds. The molecule has 146 valence electrons. The third-order valence-corrected chi connectivity index (χ3v) is 3.97. The van der Waals surface area contributed by atoms with Gasteiger partial charge in [-0.25, -0.2) is 0 Å². The van der Waals surface area contributed by atoms with Gasteiger partial charge in [-0.3, -0.25) is 4.99 Å². The van der Waals surface area contributed by atoms with Crippen LogP contribution in [0.5, 0.6) is 11.5 Å². The Hall–Kier alpha value is -2.09. The summed E-state index contributed by atoms with van der Waals surface area (Å²) >= 11 is 0. The number of benzene rings is 1. The summed E-state index contributed by atoms with van der Waals surface area (Å²) < 4.78 is 40.1. The average molecular weight is 371 g/mol. The number of hydrogen-bond donors (Lipinski definition) is 2. The third kappa shape index (κ3) is 6.67. The van der Waals surface area contributed by atoms with E-state index < -0.39 is 6.61 Å².